The molecule has 0 aromatic rings. The summed E-state index contributed by atoms with van der Waals surface area (Å²) in [6.07, 6.45) is 15.3. The molecule has 0 heterocycles. The first-order valence-electron chi connectivity index (χ1n) is 6.57. The van der Waals surface area contributed by atoms with Gasteiger partial charge in [0.05, 0.1) is 0 Å². The molecule has 0 radical (unpaired) electrons. The lowest BCUT2D eigenvalue weighted by atomic mass is 10.2. The number of hydrogen-bond donors (Lipinski definition) is 0. The normalized spacial score (nSPS) is 11.5. The molecule has 0 unspecified atom stereocenters. The van der Waals surface area contributed by atoms with Gasteiger partial charge in [0.1, 0.15) is 0 Å². The van der Waals surface area contributed by atoms with Crippen LogP contribution in [-0.2, 0) is 9.59 Å². The summed E-state index contributed by atoms with van der Waals surface area (Å²) < 4.78 is 0. The molecule has 0 aliphatic rings. The second-order valence-corrected chi connectivity index (χ2v) is 6.13. The molecule has 0 saturated carbocycles. The van der Waals surface area contributed by atoms with Crippen LogP contribution in [0.1, 0.15) is 32.1 Å². The molecule has 0 fully saturated rings. The minimum Gasteiger partial charge on any atom is -0.295 e. The van der Waals surface area contributed by atoms with E-state index in [4.69, 9.17) is 0 Å². The number of carbonyl (C=O) groups excluding carboxylic acids is 2. The van der Waals surface area contributed by atoms with E-state index in [0.717, 1.165) is 30.8 Å². The molecule has 0 bridgehead atoms. The van der Waals surface area contributed by atoms with E-state index in [1.807, 2.05) is 24.7 Å². The Kier molecular flexibility index (Phi) is 13.6. The first kappa shape index (κ1) is 18.5. The van der Waals surface area contributed by atoms with Crippen molar-refractivity contribution in [1.82, 2.24) is 0 Å². The maximum absolute atomic E-state index is 11.3. The molecule has 0 spiro atoms. The average Bonchev–Trinajstić information content (AvgIpc) is 2.41. The molecule has 2 nitrogen and oxygen atoms in total. The molecule has 0 aliphatic heterocycles. The monoisotopic (exact) mass is 300 g/mol. The highest BCUT2D eigenvalue weighted by Crippen LogP contribution is 2.02. The van der Waals surface area contributed by atoms with Gasteiger partial charge in [0.2, 0.25) is 0 Å². The van der Waals surface area contributed by atoms with Crippen LogP contribution in [0.2, 0.25) is 0 Å². The summed E-state index contributed by atoms with van der Waals surface area (Å²) in [6, 6.07) is 0. The number of carbonyl (C=O) groups is 2. The summed E-state index contributed by atoms with van der Waals surface area (Å²) in [5.41, 5.74) is 0. The highest BCUT2D eigenvalue weighted by atomic mass is 32.2. The number of thioether (sulfide) groups is 2. The number of rotatable bonds is 12. The fourth-order valence-electron chi connectivity index (χ4n) is 1.36. The third kappa shape index (κ3) is 13.7. The molecule has 0 aromatic heterocycles. The number of hydrogen-bond acceptors (Lipinski definition) is 4. The van der Waals surface area contributed by atoms with Crippen LogP contribution in [0.4, 0.5) is 0 Å². The molecule has 0 atom stereocenters. The summed E-state index contributed by atoms with van der Waals surface area (Å²) in [4.78, 5) is 22.6. The van der Waals surface area contributed by atoms with E-state index in [1.165, 1.54) is 0 Å². The van der Waals surface area contributed by atoms with Gasteiger partial charge in [0, 0.05) is 24.3 Å². The van der Waals surface area contributed by atoms with E-state index in [-0.39, 0.29) is 11.6 Å². The Hall–Kier alpha value is -0.480. The summed E-state index contributed by atoms with van der Waals surface area (Å²) >= 11 is 3.38. The van der Waals surface area contributed by atoms with Gasteiger partial charge < -0.3 is 0 Å². The van der Waals surface area contributed by atoms with Crippen LogP contribution < -0.4 is 0 Å². The Bertz CT molecular complexity index is 279. The summed E-state index contributed by atoms with van der Waals surface area (Å²) in [7, 11) is 0. The van der Waals surface area contributed by atoms with Crippen LogP contribution in [0, 0.1) is 0 Å². The predicted octanol–water partition coefficient (Wildman–Crippen LogP) is 3.91. The van der Waals surface area contributed by atoms with Crippen molar-refractivity contribution < 1.29 is 9.59 Å². The second-order valence-electron chi connectivity index (χ2n) is 4.15. The maximum atomic E-state index is 11.3. The second kappa shape index (κ2) is 13.9. The Balaban J connectivity index is 3.53. The van der Waals surface area contributed by atoms with Crippen molar-refractivity contribution in [3.05, 3.63) is 24.3 Å². The van der Waals surface area contributed by atoms with Gasteiger partial charge in [-0.25, -0.2) is 0 Å². The Morgan fingerprint density at radius 2 is 1.26 bits per heavy atom. The minimum atomic E-state index is 0.206. The van der Waals surface area contributed by atoms with Crippen LogP contribution in [0.3, 0.4) is 0 Å². The molecule has 0 aliphatic carbocycles. The standard InChI is InChI=1S/C15H24O2S2/c1-18-12-10-14(16)8-6-4-3-5-7-9-15(17)11-13-19-2/h6-9H,3-5,10-13H2,1-2H3/b8-6+,9-7+. The Labute approximate surface area is 125 Å². The van der Waals surface area contributed by atoms with E-state index >= 15 is 0 Å². The molecule has 0 amide bonds. The van der Waals surface area contributed by atoms with Gasteiger partial charge in [0.15, 0.2) is 11.6 Å². The average molecular weight is 300 g/mol. The maximum Gasteiger partial charge on any atom is 0.156 e. The van der Waals surface area contributed by atoms with Crippen LogP contribution in [0.25, 0.3) is 0 Å². The SMILES string of the molecule is CSCCC(=O)/C=C/CCC/C=C/C(=O)CCSC. The van der Waals surface area contributed by atoms with Crippen molar-refractivity contribution >= 4 is 35.1 Å². The van der Waals surface area contributed by atoms with Gasteiger partial charge in [-0.3, -0.25) is 9.59 Å². The molecule has 19 heavy (non-hydrogen) atoms. The fraction of sp³-hybridized carbons (Fsp3) is 0.600. The van der Waals surface area contributed by atoms with Gasteiger partial charge >= 0.3 is 0 Å². The zero-order chi connectivity index (χ0) is 14.3. The van der Waals surface area contributed by atoms with Gasteiger partial charge in [0.25, 0.3) is 0 Å². The molecular weight excluding hydrogens is 276 g/mol. The van der Waals surface area contributed by atoms with Crippen molar-refractivity contribution in [3.63, 3.8) is 0 Å². The highest BCUT2D eigenvalue weighted by molar-refractivity contribution is 7.98. The lowest BCUT2D eigenvalue weighted by Crippen LogP contribution is -1.94. The lowest BCUT2D eigenvalue weighted by Gasteiger charge is -1.94. The summed E-state index contributed by atoms with van der Waals surface area (Å²) in [5.74, 6) is 2.20. The van der Waals surface area contributed by atoms with Gasteiger partial charge in [-0.2, -0.15) is 23.5 Å². The molecule has 0 aromatic carbocycles. The first-order valence-corrected chi connectivity index (χ1v) is 9.36. The summed E-state index contributed by atoms with van der Waals surface area (Å²) in [6.45, 7) is 0. The predicted molar refractivity (Wildman–Crippen MR) is 88.1 cm³/mol. The Morgan fingerprint density at radius 1 is 0.842 bits per heavy atom. The first-order chi connectivity index (χ1) is 9.20. The quantitative estimate of drug-likeness (QED) is 0.404. The third-order valence-electron chi connectivity index (χ3n) is 2.45. The van der Waals surface area contributed by atoms with E-state index in [9.17, 15) is 9.59 Å². The van der Waals surface area contributed by atoms with Crippen molar-refractivity contribution in [3.8, 4) is 0 Å². The van der Waals surface area contributed by atoms with E-state index < -0.39 is 0 Å². The van der Waals surface area contributed by atoms with Crippen molar-refractivity contribution in [1.29, 1.82) is 0 Å². The van der Waals surface area contributed by atoms with Crippen molar-refractivity contribution in [2.24, 2.45) is 0 Å². The molecular formula is C15H24O2S2. The lowest BCUT2D eigenvalue weighted by molar-refractivity contribution is -0.115. The van der Waals surface area contributed by atoms with Crippen LogP contribution >= 0.6 is 23.5 Å². The number of allylic oxidation sites excluding steroid dienone is 4. The fourth-order valence-corrected chi connectivity index (χ4v) is 2.17. The van der Waals surface area contributed by atoms with Crippen LogP contribution in [-0.4, -0.2) is 35.6 Å². The molecule has 0 rings (SSSR count). The summed E-state index contributed by atoms with van der Waals surface area (Å²) in [5, 5.41) is 0. The molecule has 0 saturated heterocycles. The minimum absolute atomic E-state index is 0.206. The Morgan fingerprint density at radius 3 is 1.63 bits per heavy atom. The van der Waals surface area contributed by atoms with Crippen LogP contribution in [0.15, 0.2) is 24.3 Å². The van der Waals surface area contributed by atoms with Gasteiger partial charge in [-0.1, -0.05) is 12.2 Å². The van der Waals surface area contributed by atoms with Crippen molar-refractivity contribution in [2.75, 3.05) is 24.0 Å². The third-order valence-corrected chi connectivity index (χ3v) is 3.68. The smallest absolute Gasteiger partial charge is 0.156 e. The zero-order valence-electron chi connectivity index (χ0n) is 11.9. The molecule has 0 N–H and O–H groups in total. The molecule has 108 valence electrons. The van der Waals surface area contributed by atoms with E-state index in [1.54, 1.807) is 35.7 Å². The van der Waals surface area contributed by atoms with Gasteiger partial charge in [-0.15, -0.1) is 0 Å². The van der Waals surface area contributed by atoms with Crippen LogP contribution in [0.5, 0.6) is 0 Å². The molecule has 4 heteroatoms. The van der Waals surface area contributed by atoms with E-state index in [0.29, 0.717) is 12.8 Å². The number of unbranched alkanes of at least 4 members (excludes halogenated alkanes) is 2. The van der Waals surface area contributed by atoms with Gasteiger partial charge in [-0.05, 0) is 43.9 Å². The largest absolute Gasteiger partial charge is 0.295 e. The van der Waals surface area contributed by atoms with Crippen molar-refractivity contribution in [2.45, 2.75) is 32.1 Å². The topological polar surface area (TPSA) is 34.1 Å². The highest BCUT2D eigenvalue weighted by Gasteiger charge is 1.95. The number of ketones is 2. The van der Waals surface area contributed by atoms with E-state index in [2.05, 4.69) is 0 Å². The zero-order valence-corrected chi connectivity index (χ0v) is 13.5.